The Morgan fingerprint density at radius 3 is 2.45 bits per heavy atom. The van der Waals surface area contributed by atoms with Crippen molar-refractivity contribution in [2.75, 3.05) is 0 Å². The number of fused-ring (bicyclic) bond motifs is 1. The molecule has 0 bridgehead atoms. The van der Waals surface area contributed by atoms with Crippen LogP contribution in [0.5, 0.6) is 0 Å². The number of aromatic amines is 2. The number of nitrogens with zero attached hydrogens (tertiary/aromatic N) is 4. The Labute approximate surface area is 163 Å². The number of hydrogen-bond donors (Lipinski definition) is 2. The fraction of sp³-hybridized carbons (Fsp3) is 0.150. The molecule has 29 heavy (non-hydrogen) atoms. The van der Waals surface area contributed by atoms with Crippen molar-refractivity contribution in [3.8, 4) is 5.69 Å². The van der Waals surface area contributed by atoms with E-state index in [1.165, 1.54) is 9.31 Å². The molecule has 3 aromatic heterocycles. The molecule has 0 saturated carbocycles. The van der Waals surface area contributed by atoms with Crippen LogP contribution in [-0.2, 0) is 4.79 Å². The van der Waals surface area contributed by atoms with Gasteiger partial charge in [-0.25, -0.2) is 9.67 Å². The fourth-order valence-electron chi connectivity index (χ4n) is 3.80. The second-order valence-corrected chi connectivity index (χ2v) is 7.02. The first-order valence-electron chi connectivity index (χ1n) is 9.03. The number of carbonyl (C=O) groups excluding carboxylic acids is 1. The number of allylic oxidation sites excluding steroid dienone is 2. The van der Waals surface area contributed by atoms with Crippen molar-refractivity contribution < 1.29 is 14.9 Å². The molecule has 9 nitrogen and oxygen atoms in total. The zero-order chi connectivity index (χ0) is 20.4. The number of H-pyrrole nitrogens is 2. The molecule has 9 heteroatoms. The summed E-state index contributed by atoms with van der Waals surface area (Å²) < 4.78 is 2.76. The molecule has 1 aliphatic carbocycles. The average molecular weight is 389 g/mol. The van der Waals surface area contributed by atoms with Gasteiger partial charge < -0.3 is 5.11 Å². The quantitative estimate of drug-likeness (QED) is 0.513. The van der Waals surface area contributed by atoms with Crippen molar-refractivity contribution in [2.24, 2.45) is 0 Å². The Bertz CT molecular complexity index is 1470. The van der Waals surface area contributed by atoms with Crippen LogP contribution in [0, 0.1) is 20.8 Å². The van der Waals surface area contributed by atoms with Crippen LogP contribution in [0.15, 0.2) is 40.9 Å². The molecule has 0 radical (unpaired) electrons. The molecule has 0 spiro atoms. The second-order valence-electron chi connectivity index (χ2n) is 7.02. The van der Waals surface area contributed by atoms with Crippen LogP contribution in [0.1, 0.15) is 22.8 Å². The standard InChI is InChI=1S/C20H16N6O3/c1-9-13(19-21-11(3)24-26(19)23-9)15-17(27)16(18(15)28)14-10(2)22-25(20(14)29)12-7-5-4-6-8-12/h4-8,22,27H,1-3H3/p+1. The van der Waals surface area contributed by atoms with Crippen molar-refractivity contribution in [1.29, 1.82) is 0 Å². The van der Waals surface area contributed by atoms with Gasteiger partial charge in [-0.1, -0.05) is 23.3 Å². The summed E-state index contributed by atoms with van der Waals surface area (Å²) in [4.78, 5) is 29.1. The first-order valence-corrected chi connectivity index (χ1v) is 9.03. The third kappa shape index (κ3) is 2.24. The lowest BCUT2D eigenvalue weighted by molar-refractivity contribution is -0.357. The van der Waals surface area contributed by atoms with Gasteiger partial charge in [0.15, 0.2) is 0 Å². The van der Waals surface area contributed by atoms with E-state index < -0.39 is 11.3 Å². The van der Waals surface area contributed by atoms with Gasteiger partial charge in [-0.05, 0) is 26.0 Å². The number of ketones is 1. The lowest BCUT2D eigenvalue weighted by atomic mass is 9.82. The minimum Gasteiger partial charge on any atom is -0.506 e. The number of rotatable bonds is 2. The first kappa shape index (κ1) is 17.1. The molecule has 0 aliphatic heterocycles. The Morgan fingerprint density at radius 1 is 1.03 bits per heavy atom. The van der Waals surface area contributed by atoms with Crippen molar-refractivity contribution in [3.63, 3.8) is 0 Å². The van der Waals surface area contributed by atoms with Gasteiger partial charge in [-0.2, -0.15) is 0 Å². The molecular weight excluding hydrogens is 372 g/mol. The Morgan fingerprint density at radius 2 is 1.76 bits per heavy atom. The highest BCUT2D eigenvalue weighted by Gasteiger charge is 2.40. The molecule has 0 unspecified atom stereocenters. The van der Waals surface area contributed by atoms with Gasteiger partial charge in [0.2, 0.25) is 5.78 Å². The number of aryl methyl sites for hydroxylation is 3. The third-order valence-corrected chi connectivity index (χ3v) is 5.10. The van der Waals surface area contributed by atoms with Crippen LogP contribution in [0.4, 0.5) is 0 Å². The van der Waals surface area contributed by atoms with E-state index >= 15 is 0 Å². The fourth-order valence-corrected chi connectivity index (χ4v) is 3.80. The smallest absolute Gasteiger partial charge is 0.297 e. The number of para-hydroxylation sites is 1. The molecular formula is C20H17N6O3+. The van der Waals surface area contributed by atoms with Gasteiger partial charge in [-0.3, -0.25) is 14.7 Å². The van der Waals surface area contributed by atoms with Crippen LogP contribution < -0.4 is 15.8 Å². The molecule has 1 aliphatic rings. The highest BCUT2D eigenvalue weighted by molar-refractivity contribution is 6.51. The number of hydrogen-bond acceptors (Lipinski definition) is 5. The van der Waals surface area contributed by atoms with Gasteiger partial charge in [-0.15, -0.1) is 0 Å². The van der Waals surface area contributed by atoms with E-state index in [4.69, 9.17) is 0 Å². The predicted octanol–water partition coefficient (Wildman–Crippen LogP) is 0.369. The molecule has 3 N–H and O–H groups in total. The van der Waals surface area contributed by atoms with Gasteiger partial charge in [0, 0.05) is 17.2 Å². The number of aliphatic hydroxyl groups is 1. The molecule has 4 aromatic rings. The van der Waals surface area contributed by atoms with Gasteiger partial charge in [0.1, 0.15) is 5.76 Å². The summed E-state index contributed by atoms with van der Waals surface area (Å²) in [5.74, 6) is 0.0314. The Kier molecular flexibility index (Phi) is 3.39. The Balaban J connectivity index is 1.75. The molecule has 0 fully saturated rings. The highest BCUT2D eigenvalue weighted by atomic mass is 16.3. The summed E-state index contributed by atoms with van der Waals surface area (Å²) in [5, 5.41) is 22.7. The lowest BCUT2D eigenvalue weighted by Crippen LogP contribution is -2.31. The van der Waals surface area contributed by atoms with Crippen LogP contribution >= 0.6 is 0 Å². The van der Waals surface area contributed by atoms with Crippen molar-refractivity contribution in [1.82, 2.24) is 24.6 Å². The van der Waals surface area contributed by atoms with E-state index in [0.717, 1.165) is 0 Å². The number of Topliss-reactive ketones (excluding diaryl/α,β-unsaturated/α-hetero) is 1. The topological polar surface area (TPSA) is 119 Å². The van der Waals surface area contributed by atoms with E-state index in [0.29, 0.717) is 33.8 Å². The van der Waals surface area contributed by atoms with Gasteiger partial charge >= 0.3 is 0 Å². The molecule has 0 atom stereocenters. The number of carbonyl (C=O) groups is 1. The van der Waals surface area contributed by atoms with Crippen molar-refractivity contribution in [2.45, 2.75) is 20.8 Å². The van der Waals surface area contributed by atoms with E-state index in [1.54, 1.807) is 32.9 Å². The molecule has 1 aromatic carbocycles. The van der Waals surface area contributed by atoms with Gasteiger partial charge in [0.05, 0.1) is 38.4 Å². The molecule has 144 valence electrons. The summed E-state index contributed by atoms with van der Waals surface area (Å²) in [7, 11) is 0. The van der Waals surface area contributed by atoms with Gasteiger partial charge in [0.25, 0.3) is 17.0 Å². The van der Waals surface area contributed by atoms with Crippen LogP contribution in [-0.4, -0.2) is 35.5 Å². The summed E-state index contributed by atoms with van der Waals surface area (Å²) in [5.41, 5.74) is 2.17. The molecule has 0 saturated heterocycles. The predicted molar refractivity (Wildman–Crippen MR) is 103 cm³/mol. The van der Waals surface area contributed by atoms with Crippen molar-refractivity contribution >= 4 is 22.6 Å². The lowest BCUT2D eigenvalue weighted by Gasteiger charge is -2.19. The first-order chi connectivity index (χ1) is 13.9. The van der Waals surface area contributed by atoms with Crippen LogP contribution in [0.2, 0.25) is 0 Å². The summed E-state index contributed by atoms with van der Waals surface area (Å²) in [6.07, 6.45) is 0. The Hall–Kier alpha value is -4.01. The monoisotopic (exact) mass is 389 g/mol. The zero-order valence-corrected chi connectivity index (χ0v) is 15.9. The van der Waals surface area contributed by atoms with E-state index in [2.05, 4.69) is 20.3 Å². The maximum Gasteiger partial charge on any atom is 0.297 e. The highest BCUT2D eigenvalue weighted by Crippen LogP contribution is 2.36. The summed E-state index contributed by atoms with van der Waals surface area (Å²) in [6, 6.07) is 9.04. The van der Waals surface area contributed by atoms with E-state index in [9.17, 15) is 14.7 Å². The normalized spacial score (nSPS) is 16.0. The number of aromatic nitrogens is 6. The summed E-state index contributed by atoms with van der Waals surface area (Å²) >= 11 is 0. The largest absolute Gasteiger partial charge is 0.506 e. The minimum atomic E-state index is -0.396. The van der Waals surface area contributed by atoms with Crippen molar-refractivity contribution in [3.05, 3.63) is 74.4 Å². The summed E-state index contributed by atoms with van der Waals surface area (Å²) in [6.45, 7) is 5.21. The number of nitrogens with one attached hydrogen (secondary N) is 2. The molecule has 5 rings (SSSR count). The average Bonchev–Trinajstić information content (AvgIpc) is 3.29. The minimum absolute atomic E-state index is 0.0171. The molecule has 3 heterocycles. The van der Waals surface area contributed by atoms with Crippen LogP contribution in [0.25, 0.3) is 22.5 Å². The van der Waals surface area contributed by atoms with E-state index in [1.807, 2.05) is 18.2 Å². The SMILES string of the molecule is Cc1nn2nc(C)c(=C3C(=O)C(c4c(C)[nH]n(-c5ccccc5)c4=O)=C3O)c2[nH+]1. The van der Waals surface area contributed by atoms with Crippen LogP contribution in [0.3, 0.4) is 0 Å². The third-order valence-electron chi connectivity index (χ3n) is 5.10. The maximum atomic E-state index is 13.0. The van der Waals surface area contributed by atoms with E-state index in [-0.39, 0.29) is 22.5 Å². The number of aliphatic hydroxyl groups excluding tert-OH is 1. The molecule has 0 amide bonds. The maximum absolute atomic E-state index is 13.0. The second kappa shape index (κ2) is 5.74. The number of benzene rings is 1. The zero-order valence-electron chi connectivity index (χ0n) is 15.9.